The predicted octanol–water partition coefficient (Wildman–Crippen LogP) is 1.79. The normalized spacial score (nSPS) is 10.0. The number of imidazole rings is 2. The number of H-pyrrole nitrogens is 2. The van der Waals surface area contributed by atoms with Gasteiger partial charge in [0.25, 0.3) is 0 Å². The molecule has 2 aromatic heterocycles. The van der Waals surface area contributed by atoms with E-state index in [1.165, 1.54) is 0 Å². The summed E-state index contributed by atoms with van der Waals surface area (Å²) in [5.41, 5.74) is 0. The molecule has 0 saturated heterocycles. The van der Waals surface area contributed by atoms with E-state index in [9.17, 15) is 0 Å². The van der Waals surface area contributed by atoms with Crippen molar-refractivity contribution in [3.05, 3.63) is 36.4 Å². The molecule has 0 radical (unpaired) electrons. The molecule has 5 heteroatoms. The van der Waals surface area contributed by atoms with Crippen LogP contribution in [0.5, 0.6) is 0 Å². The van der Waals surface area contributed by atoms with Crippen molar-refractivity contribution in [3.63, 3.8) is 0 Å². The van der Waals surface area contributed by atoms with Gasteiger partial charge in [0, 0.05) is 24.8 Å². The highest BCUT2D eigenvalue weighted by Gasteiger charge is 2.03. The Morgan fingerprint density at radius 3 is 1.75 bits per heavy atom. The maximum Gasteiger partial charge on any atom is 0.120 e. The van der Waals surface area contributed by atoms with E-state index in [1.54, 1.807) is 12.4 Å². The van der Waals surface area contributed by atoms with Crippen LogP contribution in [0.4, 0.5) is 0 Å². The Labute approximate surface area is 95.9 Å². The molecule has 0 aliphatic heterocycles. The summed E-state index contributed by atoms with van der Waals surface area (Å²) in [6.45, 7) is 5.60. The van der Waals surface area contributed by atoms with Crippen LogP contribution in [0.25, 0.3) is 0 Å². The Balaban J connectivity index is 0.000000606. The van der Waals surface area contributed by atoms with Gasteiger partial charge in [-0.3, -0.25) is 4.90 Å². The summed E-state index contributed by atoms with van der Waals surface area (Å²) in [7, 11) is 2.03. The molecule has 0 amide bonds. The smallest absolute Gasteiger partial charge is 0.120 e. The summed E-state index contributed by atoms with van der Waals surface area (Å²) >= 11 is 0. The number of nitrogens with one attached hydrogen (secondary N) is 2. The van der Waals surface area contributed by atoms with Gasteiger partial charge in [-0.05, 0) is 7.05 Å². The highest BCUT2D eigenvalue weighted by molar-refractivity contribution is 4.89. The van der Waals surface area contributed by atoms with Crippen molar-refractivity contribution in [2.45, 2.75) is 26.9 Å². The lowest BCUT2D eigenvalue weighted by atomic mass is 10.5. The monoisotopic (exact) mass is 221 g/mol. The minimum Gasteiger partial charge on any atom is -0.348 e. The van der Waals surface area contributed by atoms with Gasteiger partial charge >= 0.3 is 0 Å². The van der Waals surface area contributed by atoms with E-state index in [-0.39, 0.29) is 0 Å². The lowest BCUT2D eigenvalue weighted by molar-refractivity contribution is 0.304. The van der Waals surface area contributed by atoms with Crippen molar-refractivity contribution >= 4 is 0 Å². The van der Waals surface area contributed by atoms with Crippen molar-refractivity contribution < 1.29 is 0 Å². The van der Waals surface area contributed by atoms with E-state index in [0.717, 1.165) is 24.7 Å². The van der Waals surface area contributed by atoms with Crippen molar-refractivity contribution in [3.8, 4) is 0 Å². The summed E-state index contributed by atoms with van der Waals surface area (Å²) in [5, 5.41) is 0. The number of aromatic amines is 2. The molecule has 2 N–H and O–H groups in total. The predicted molar refractivity (Wildman–Crippen MR) is 63.7 cm³/mol. The van der Waals surface area contributed by atoms with Crippen LogP contribution in [-0.2, 0) is 13.1 Å². The van der Waals surface area contributed by atoms with E-state index in [2.05, 4.69) is 24.8 Å². The first-order valence-corrected chi connectivity index (χ1v) is 5.49. The van der Waals surface area contributed by atoms with Crippen molar-refractivity contribution in [1.82, 2.24) is 24.8 Å². The van der Waals surface area contributed by atoms with Gasteiger partial charge in [-0.2, -0.15) is 0 Å². The van der Waals surface area contributed by atoms with Gasteiger partial charge < -0.3 is 9.97 Å². The molecule has 0 bridgehead atoms. The van der Waals surface area contributed by atoms with E-state index in [4.69, 9.17) is 0 Å². The summed E-state index contributed by atoms with van der Waals surface area (Å²) in [5.74, 6) is 1.94. The van der Waals surface area contributed by atoms with Crippen molar-refractivity contribution in [2.24, 2.45) is 0 Å². The largest absolute Gasteiger partial charge is 0.348 e. The average molecular weight is 221 g/mol. The third kappa shape index (κ3) is 3.86. The van der Waals surface area contributed by atoms with Crippen LogP contribution in [0.3, 0.4) is 0 Å². The molecule has 2 heterocycles. The maximum absolute atomic E-state index is 4.16. The molecule has 0 fully saturated rings. The van der Waals surface area contributed by atoms with E-state index < -0.39 is 0 Å². The second kappa shape index (κ2) is 6.79. The number of hydrogen-bond donors (Lipinski definition) is 2. The molecule has 5 nitrogen and oxygen atoms in total. The first-order chi connectivity index (χ1) is 7.84. The molecule has 0 atom stereocenters. The lowest BCUT2D eigenvalue weighted by Crippen LogP contribution is -2.18. The number of hydrogen-bond acceptors (Lipinski definition) is 3. The Hall–Kier alpha value is -1.62. The molecule has 0 spiro atoms. The van der Waals surface area contributed by atoms with Crippen molar-refractivity contribution in [2.75, 3.05) is 7.05 Å². The van der Waals surface area contributed by atoms with Gasteiger partial charge in [-0.1, -0.05) is 13.8 Å². The van der Waals surface area contributed by atoms with Crippen LogP contribution in [0.1, 0.15) is 25.5 Å². The van der Waals surface area contributed by atoms with Crippen LogP contribution in [-0.4, -0.2) is 31.9 Å². The highest BCUT2D eigenvalue weighted by atomic mass is 15.1. The van der Waals surface area contributed by atoms with Gasteiger partial charge in [0.1, 0.15) is 11.6 Å². The lowest BCUT2D eigenvalue weighted by Gasteiger charge is -2.12. The van der Waals surface area contributed by atoms with Gasteiger partial charge in [0.15, 0.2) is 0 Å². The molecule has 88 valence electrons. The zero-order chi connectivity index (χ0) is 11.8. The summed E-state index contributed by atoms with van der Waals surface area (Å²) in [6.07, 6.45) is 7.18. The summed E-state index contributed by atoms with van der Waals surface area (Å²) in [4.78, 5) is 16.6. The third-order valence-corrected chi connectivity index (χ3v) is 1.95. The molecule has 2 rings (SSSR count). The van der Waals surface area contributed by atoms with E-state index in [0.29, 0.717) is 0 Å². The summed E-state index contributed by atoms with van der Waals surface area (Å²) < 4.78 is 0. The van der Waals surface area contributed by atoms with E-state index >= 15 is 0 Å². The van der Waals surface area contributed by atoms with Crippen LogP contribution >= 0.6 is 0 Å². The van der Waals surface area contributed by atoms with Gasteiger partial charge in [-0.25, -0.2) is 9.97 Å². The fraction of sp³-hybridized carbons (Fsp3) is 0.455. The van der Waals surface area contributed by atoms with Gasteiger partial charge in [-0.15, -0.1) is 0 Å². The Bertz CT molecular complexity index is 315. The molecule has 16 heavy (non-hydrogen) atoms. The molecule has 0 aromatic carbocycles. The molecular weight excluding hydrogens is 202 g/mol. The molecule has 0 saturated carbocycles. The summed E-state index contributed by atoms with van der Waals surface area (Å²) in [6, 6.07) is 0. The average Bonchev–Trinajstić information content (AvgIpc) is 2.94. The van der Waals surface area contributed by atoms with Crippen LogP contribution < -0.4 is 0 Å². The highest BCUT2D eigenvalue weighted by Crippen LogP contribution is 2.00. The maximum atomic E-state index is 4.16. The Morgan fingerprint density at radius 1 is 1.00 bits per heavy atom. The number of rotatable bonds is 4. The van der Waals surface area contributed by atoms with Gasteiger partial charge in [0.2, 0.25) is 0 Å². The van der Waals surface area contributed by atoms with Crippen LogP contribution in [0.2, 0.25) is 0 Å². The molecule has 2 aromatic rings. The van der Waals surface area contributed by atoms with E-state index in [1.807, 2.05) is 33.3 Å². The SMILES string of the molecule is CC.CN(Cc1ncc[nH]1)Cc1ncc[nH]1. The van der Waals surface area contributed by atoms with Gasteiger partial charge in [0.05, 0.1) is 13.1 Å². The minimum atomic E-state index is 0.799. The molecule has 0 aliphatic carbocycles. The third-order valence-electron chi connectivity index (χ3n) is 1.95. The Kier molecular flexibility index (Phi) is 5.28. The second-order valence-electron chi connectivity index (χ2n) is 3.24. The molecule has 0 unspecified atom stereocenters. The second-order valence-corrected chi connectivity index (χ2v) is 3.24. The first-order valence-electron chi connectivity index (χ1n) is 5.49. The Morgan fingerprint density at radius 2 is 1.44 bits per heavy atom. The fourth-order valence-electron chi connectivity index (χ4n) is 1.34. The zero-order valence-corrected chi connectivity index (χ0v) is 10.1. The standard InChI is InChI=1S/C9H13N5.C2H6/c1-14(6-8-10-2-3-11-8)7-9-12-4-5-13-9;1-2/h2-5H,6-7H2,1H3,(H,10,11)(H,12,13);1-2H3. The van der Waals surface area contributed by atoms with Crippen molar-refractivity contribution in [1.29, 1.82) is 0 Å². The minimum absolute atomic E-state index is 0.799. The number of nitrogens with zero attached hydrogens (tertiary/aromatic N) is 3. The van der Waals surface area contributed by atoms with Crippen LogP contribution in [0, 0.1) is 0 Å². The topological polar surface area (TPSA) is 60.6 Å². The molecular formula is C11H19N5. The molecule has 0 aliphatic rings. The fourth-order valence-corrected chi connectivity index (χ4v) is 1.34. The van der Waals surface area contributed by atoms with Crippen LogP contribution in [0.15, 0.2) is 24.8 Å². The zero-order valence-electron chi connectivity index (χ0n) is 10.1. The number of aromatic nitrogens is 4. The quantitative estimate of drug-likeness (QED) is 0.827. The first kappa shape index (κ1) is 12.4.